The number of anilines is 1. The van der Waals surface area contributed by atoms with Gasteiger partial charge in [-0.25, -0.2) is 4.98 Å². The number of carbonyl (C=O) groups excluding carboxylic acids is 1. The van der Waals surface area contributed by atoms with Gasteiger partial charge in [0, 0.05) is 5.56 Å². The molecule has 0 aliphatic rings. The van der Waals surface area contributed by atoms with Gasteiger partial charge in [-0.1, -0.05) is 0 Å². The molecule has 0 fully saturated rings. The summed E-state index contributed by atoms with van der Waals surface area (Å²) >= 11 is 0. The lowest BCUT2D eigenvalue weighted by Gasteiger charge is -2.06. The van der Waals surface area contributed by atoms with Crippen molar-refractivity contribution in [1.82, 2.24) is 4.98 Å². The van der Waals surface area contributed by atoms with Gasteiger partial charge in [-0.05, 0) is 6.07 Å². The van der Waals surface area contributed by atoms with Crippen LogP contribution in [0.2, 0.25) is 0 Å². The Labute approximate surface area is 71.4 Å². The second-order valence-electron chi connectivity index (χ2n) is 2.31. The molecule has 70 valence electrons. The molecule has 0 aromatic carbocycles. The molecular formula is C7H5F3N2O. The third kappa shape index (κ3) is 1.95. The molecule has 0 amide bonds. The van der Waals surface area contributed by atoms with Crippen LogP contribution < -0.4 is 5.73 Å². The summed E-state index contributed by atoms with van der Waals surface area (Å²) in [4.78, 5) is 13.3. The molecule has 0 saturated carbocycles. The second kappa shape index (κ2) is 3.04. The van der Waals surface area contributed by atoms with Crippen LogP contribution in [0.5, 0.6) is 0 Å². The Bertz CT molecular complexity index is 335. The second-order valence-corrected chi connectivity index (χ2v) is 2.31. The molecule has 1 heterocycles. The van der Waals surface area contributed by atoms with E-state index in [4.69, 9.17) is 5.73 Å². The maximum Gasteiger partial charge on any atom is 0.433 e. The average molecular weight is 190 g/mol. The summed E-state index contributed by atoms with van der Waals surface area (Å²) in [5, 5.41) is 0. The minimum atomic E-state index is -4.55. The van der Waals surface area contributed by atoms with Crippen LogP contribution in [-0.4, -0.2) is 11.3 Å². The van der Waals surface area contributed by atoms with Crippen molar-refractivity contribution in [3.63, 3.8) is 0 Å². The zero-order valence-corrected chi connectivity index (χ0v) is 6.30. The van der Waals surface area contributed by atoms with Crippen LogP contribution in [0, 0.1) is 0 Å². The number of carbonyl (C=O) groups is 1. The van der Waals surface area contributed by atoms with E-state index in [-0.39, 0.29) is 17.5 Å². The Morgan fingerprint density at radius 2 is 2.08 bits per heavy atom. The molecule has 0 radical (unpaired) electrons. The predicted octanol–water partition coefficient (Wildman–Crippen LogP) is 1.50. The molecule has 0 spiro atoms. The van der Waals surface area contributed by atoms with Crippen LogP contribution in [0.3, 0.4) is 0 Å². The summed E-state index contributed by atoms with van der Waals surface area (Å²) in [5.74, 6) is 0. The van der Waals surface area contributed by atoms with E-state index < -0.39 is 11.9 Å². The molecule has 3 nitrogen and oxygen atoms in total. The van der Waals surface area contributed by atoms with Gasteiger partial charge < -0.3 is 5.73 Å². The summed E-state index contributed by atoms with van der Waals surface area (Å²) in [6.07, 6.45) is -3.48. The highest BCUT2D eigenvalue weighted by Gasteiger charge is 2.32. The van der Waals surface area contributed by atoms with Crippen LogP contribution in [0.15, 0.2) is 12.3 Å². The number of alkyl halides is 3. The molecule has 13 heavy (non-hydrogen) atoms. The highest BCUT2D eigenvalue weighted by molar-refractivity contribution is 5.82. The highest BCUT2D eigenvalue weighted by atomic mass is 19.4. The quantitative estimate of drug-likeness (QED) is 0.682. The number of nitrogen functional groups attached to an aromatic ring is 1. The number of halogens is 3. The summed E-state index contributed by atoms with van der Waals surface area (Å²) < 4.78 is 36.1. The van der Waals surface area contributed by atoms with Crippen molar-refractivity contribution in [2.75, 3.05) is 5.73 Å². The van der Waals surface area contributed by atoms with Gasteiger partial charge in [0.2, 0.25) is 0 Å². The molecule has 0 unspecified atom stereocenters. The lowest BCUT2D eigenvalue weighted by Crippen LogP contribution is -2.09. The molecule has 1 aromatic heterocycles. The van der Waals surface area contributed by atoms with Crippen LogP contribution in [0.25, 0.3) is 0 Å². The van der Waals surface area contributed by atoms with Gasteiger partial charge in [0.25, 0.3) is 0 Å². The molecule has 0 aliphatic carbocycles. The average Bonchev–Trinajstić information content (AvgIpc) is 2.03. The number of rotatable bonds is 1. The topological polar surface area (TPSA) is 56.0 Å². The standard InChI is InChI=1S/C7H5F3N2O/c8-7(9,10)6-1-4(3-13)5(11)2-12-6/h1-3H,11H2. The summed E-state index contributed by atoms with van der Waals surface area (Å²) in [5.41, 5.74) is 3.79. The van der Waals surface area contributed by atoms with E-state index in [0.29, 0.717) is 6.07 Å². The SMILES string of the molecule is Nc1cnc(C(F)(F)F)cc1C=O. The molecule has 0 atom stereocenters. The monoisotopic (exact) mass is 190 g/mol. The Hall–Kier alpha value is -1.59. The largest absolute Gasteiger partial charge is 0.433 e. The van der Waals surface area contributed by atoms with E-state index in [9.17, 15) is 18.0 Å². The molecule has 6 heteroatoms. The number of aldehydes is 1. The summed E-state index contributed by atoms with van der Waals surface area (Å²) in [6, 6.07) is 0.613. The molecule has 0 aliphatic heterocycles. The van der Waals surface area contributed by atoms with Gasteiger partial charge in [-0.15, -0.1) is 0 Å². The fourth-order valence-electron chi connectivity index (χ4n) is 0.739. The normalized spacial score (nSPS) is 11.3. The van der Waals surface area contributed by atoms with Crippen molar-refractivity contribution in [3.8, 4) is 0 Å². The van der Waals surface area contributed by atoms with Crippen LogP contribution >= 0.6 is 0 Å². The molecule has 1 rings (SSSR count). The third-order valence-corrected chi connectivity index (χ3v) is 1.39. The number of nitrogens with two attached hydrogens (primary N) is 1. The summed E-state index contributed by atoms with van der Waals surface area (Å²) in [6.45, 7) is 0. The maximum absolute atomic E-state index is 12.0. The zero-order chi connectivity index (χ0) is 10.1. The van der Waals surface area contributed by atoms with Crippen molar-refractivity contribution in [2.24, 2.45) is 0 Å². The first kappa shape index (κ1) is 9.50. The fourth-order valence-corrected chi connectivity index (χ4v) is 0.739. The highest BCUT2D eigenvalue weighted by Crippen LogP contribution is 2.28. The first-order valence-corrected chi connectivity index (χ1v) is 3.23. The van der Waals surface area contributed by atoms with Gasteiger partial charge in [0.05, 0.1) is 11.9 Å². The number of nitrogens with zero attached hydrogens (tertiary/aromatic N) is 1. The van der Waals surface area contributed by atoms with Crippen molar-refractivity contribution in [1.29, 1.82) is 0 Å². The number of aromatic nitrogens is 1. The van der Waals surface area contributed by atoms with E-state index in [0.717, 1.165) is 6.20 Å². The molecule has 0 saturated heterocycles. The number of hydrogen-bond acceptors (Lipinski definition) is 3. The lowest BCUT2D eigenvalue weighted by atomic mass is 10.2. The first-order valence-electron chi connectivity index (χ1n) is 3.23. The van der Waals surface area contributed by atoms with Crippen LogP contribution in [-0.2, 0) is 6.18 Å². The van der Waals surface area contributed by atoms with Crippen LogP contribution in [0.1, 0.15) is 16.1 Å². The van der Waals surface area contributed by atoms with E-state index in [2.05, 4.69) is 4.98 Å². The molecule has 1 aromatic rings. The van der Waals surface area contributed by atoms with Crippen molar-refractivity contribution < 1.29 is 18.0 Å². The van der Waals surface area contributed by atoms with Gasteiger partial charge in [0.1, 0.15) is 5.69 Å². The Morgan fingerprint density at radius 1 is 1.46 bits per heavy atom. The Balaban J connectivity index is 3.21. The molecule has 0 bridgehead atoms. The van der Waals surface area contributed by atoms with E-state index in [1.165, 1.54) is 0 Å². The van der Waals surface area contributed by atoms with E-state index in [1.54, 1.807) is 0 Å². The predicted molar refractivity (Wildman–Crippen MR) is 39.0 cm³/mol. The zero-order valence-electron chi connectivity index (χ0n) is 6.30. The summed E-state index contributed by atoms with van der Waals surface area (Å²) in [7, 11) is 0. The van der Waals surface area contributed by atoms with E-state index >= 15 is 0 Å². The third-order valence-electron chi connectivity index (χ3n) is 1.39. The number of pyridine rings is 1. The van der Waals surface area contributed by atoms with Crippen LogP contribution in [0.4, 0.5) is 18.9 Å². The Morgan fingerprint density at radius 3 is 2.54 bits per heavy atom. The first-order chi connectivity index (χ1) is 5.95. The van der Waals surface area contributed by atoms with Gasteiger partial charge in [0.15, 0.2) is 6.29 Å². The lowest BCUT2D eigenvalue weighted by molar-refractivity contribution is -0.141. The van der Waals surface area contributed by atoms with Gasteiger partial charge in [-0.3, -0.25) is 4.79 Å². The van der Waals surface area contributed by atoms with Gasteiger partial charge in [-0.2, -0.15) is 13.2 Å². The van der Waals surface area contributed by atoms with Crippen molar-refractivity contribution in [2.45, 2.75) is 6.18 Å². The minimum Gasteiger partial charge on any atom is -0.397 e. The van der Waals surface area contributed by atoms with Gasteiger partial charge >= 0.3 is 6.18 Å². The Kier molecular flexibility index (Phi) is 2.22. The van der Waals surface area contributed by atoms with Crippen molar-refractivity contribution >= 4 is 12.0 Å². The molecule has 2 N–H and O–H groups in total. The maximum atomic E-state index is 12.0. The molecular weight excluding hydrogens is 185 g/mol. The van der Waals surface area contributed by atoms with Crippen molar-refractivity contribution in [3.05, 3.63) is 23.5 Å². The number of hydrogen-bond donors (Lipinski definition) is 1. The smallest absolute Gasteiger partial charge is 0.397 e. The van der Waals surface area contributed by atoms with E-state index in [1.807, 2.05) is 0 Å². The fraction of sp³-hybridized carbons (Fsp3) is 0.143. The minimum absolute atomic E-state index is 0.0667.